The lowest BCUT2D eigenvalue weighted by atomic mass is 10.0. The van der Waals surface area contributed by atoms with Crippen LogP contribution in [0.1, 0.15) is 316 Å². The lowest BCUT2D eigenvalue weighted by Gasteiger charge is -2.24. The number of ether oxygens (including phenoxy) is 2. The average Bonchev–Trinajstić information content (AvgIpc) is 3.37. The van der Waals surface area contributed by atoms with Gasteiger partial charge in [-0.2, -0.15) is 0 Å². The number of esters is 2. The first kappa shape index (κ1) is 73.2. The molecule has 0 aromatic rings. The van der Waals surface area contributed by atoms with Gasteiger partial charge in [0, 0.05) is 12.8 Å². The zero-order valence-electron chi connectivity index (χ0n) is 50.3. The van der Waals surface area contributed by atoms with Gasteiger partial charge in [0.15, 0.2) is 6.10 Å². The highest BCUT2D eigenvalue weighted by Gasteiger charge is 2.27. The van der Waals surface area contributed by atoms with Crippen LogP contribution < -0.4 is 0 Å². The van der Waals surface area contributed by atoms with Crippen LogP contribution in [-0.2, 0) is 32.7 Å². The number of likely N-dealkylation sites (N-methyl/N-ethyl adjacent to an activating group) is 1. The quantitative estimate of drug-likeness (QED) is 0.0211. The van der Waals surface area contributed by atoms with Gasteiger partial charge in [-0.25, -0.2) is 4.57 Å². The Kier molecular flexibility index (Phi) is 55.6. The van der Waals surface area contributed by atoms with Crippen molar-refractivity contribution < 1.29 is 42.1 Å². The fourth-order valence-electron chi connectivity index (χ4n) is 9.44. The molecule has 10 heteroatoms. The molecule has 1 N–H and O–H groups in total. The summed E-state index contributed by atoms with van der Waals surface area (Å²) < 4.78 is 34.5. The van der Waals surface area contributed by atoms with Crippen molar-refractivity contribution in [2.45, 2.75) is 322 Å². The highest BCUT2D eigenvalue weighted by atomic mass is 31.2. The number of phosphoric acid groups is 1. The van der Waals surface area contributed by atoms with E-state index in [-0.39, 0.29) is 25.6 Å². The summed E-state index contributed by atoms with van der Waals surface area (Å²) in [6.07, 6.45) is 71.1. The van der Waals surface area contributed by atoms with Gasteiger partial charge in [0.05, 0.1) is 27.7 Å². The molecule has 0 heterocycles. The molecule has 0 spiro atoms. The van der Waals surface area contributed by atoms with E-state index in [9.17, 15) is 19.0 Å². The second kappa shape index (κ2) is 56.9. The summed E-state index contributed by atoms with van der Waals surface area (Å²) in [5, 5.41) is 0. The SMILES string of the molecule is CCCCCCC/C=C\C/C=C\C/C=C\CCCCCCCCCCCCCCCCCCCCCCCCCCC(=O)OC(COC(=O)CCCCCCCCCCCCCC)COP(=O)(O)OCC[N+](C)(C)C. The van der Waals surface area contributed by atoms with Gasteiger partial charge in [0.25, 0.3) is 0 Å². The number of quaternary nitrogens is 1. The molecule has 75 heavy (non-hydrogen) atoms. The van der Waals surface area contributed by atoms with E-state index < -0.39 is 26.5 Å². The molecule has 0 amide bonds. The van der Waals surface area contributed by atoms with Crippen molar-refractivity contribution >= 4 is 19.8 Å². The average molecular weight is 1080 g/mol. The van der Waals surface area contributed by atoms with Crippen molar-refractivity contribution in [1.29, 1.82) is 0 Å². The van der Waals surface area contributed by atoms with E-state index in [0.29, 0.717) is 23.9 Å². The molecule has 2 unspecified atom stereocenters. The second-order valence-corrected chi connectivity index (χ2v) is 24.6. The molecule has 0 aliphatic carbocycles. The summed E-state index contributed by atoms with van der Waals surface area (Å²) in [5.74, 6) is -0.781. The molecule has 0 bridgehead atoms. The number of allylic oxidation sites excluding steroid dienone is 6. The molecule has 0 saturated carbocycles. The Morgan fingerprint density at radius 3 is 1.07 bits per heavy atom. The van der Waals surface area contributed by atoms with E-state index in [4.69, 9.17) is 18.5 Å². The van der Waals surface area contributed by atoms with Crippen LogP contribution in [0.3, 0.4) is 0 Å². The third-order valence-corrected chi connectivity index (χ3v) is 15.4. The maximum atomic E-state index is 12.8. The number of rotatable bonds is 60. The van der Waals surface area contributed by atoms with Crippen LogP contribution in [0, 0.1) is 0 Å². The number of nitrogens with zero attached hydrogens (tertiary/aromatic N) is 1. The number of carbonyl (C=O) groups is 2. The van der Waals surface area contributed by atoms with Crippen LogP contribution in [0.25, 0.3) is 0 Å². The minimum absolute atomic E-state index is 0.0352. The van der Waals surface area contributed by atoms with Gasteiger partial charge >= 0.3 is 19.8 Å². The Morgan fingerprint density at radius 2 is 0.720 bits per heavy atom. The maximum Gasteiger partial charge on any atom is 0.472 e. The predicted octanol–water partition coefficient (Wildman–Crippen LogP) is 20.3. The summed E-state index contributed by atoms with van der Waals surface area (Å²) in [5.41, 5.74) is 0. The van der Waals surface area contributed by atoms with E-state index in [1.54, 1.807) is 0 Å². The highest BCUT2D eigenvalue weighted by Crippen LogP contribution is 2.43. The fraction of sp³-hybridized carbons (Fsp3) is 0.877. The highest BCUT2D eigenvalue weighted by molar-refractivity contribution is 7.47. The molecule has 0 radical (unpaired) electrons. The van der Waals surface area contributed by atoms with Gasteiger partial charge in [-0.15, -0.1) is 0 Å². The molecule has 0 aromatic heterocycles. The van der Waals surface area contributed by atoms with E-state index in [1.165, 1.54) is 238 Å². The van der Waals surface area contributed by atoms with Crippen LogP contribution in [-0.4, -0.2) is 74.9 Å². The summed E-state index contributed by atoms with van der Waals surface area (Å²) in [6, 6.07) is 0. The van der Waals surface area contributed by atoms with Gasteiger partial charge in [0.1, 0.15) is 19.8 Å². The van der Waals surface area contributed by atoms with Gasteiger partial charge in [-0.3, -0.25) is 18.6 Å². The Labute approximate surface area is 465 Å². The summed E-state index contributed by atoms with van der Waals surface area (Å²) in [4.78, 5) is 35.6. The second-order valence-electron chi connectivity index (χ2n) is 23.2. The summed E-state index contributed by atoms with van der Waals surface area (Å²) >= 11 is 0. The van der Waals surface area contributed by atoms with Crippen LogP contribution in [0.5, 0.6) is 0 Å². The molecule has 9 nitrogen and oxygen atoms in total. The Balaban J connectivity index is 3.86. The van der Waals surface area contributed by atoms with Gasteiger partial charge in [0.2, 0.25) is 0 Å². The van der Waals surface area contributed by atoms with E-state index in [0.717, 1.165) is 44.9 Å². The van der Waals surface area contributed by atoms with Crippen molar-refractivity contribution in [2.75, 3.05) is 47.5 Å². The fourth-order valence-corrected chi connectivity index (χ4v) is 10.2. The van der Waals surface area contributed by atoms with Crippen LogP contribution in [0.15, 0.2) is 36.5 Å². The number of carbonyl (C=O) groups excluding carboxylic acids is 2. The molecule has 0 rings (SSSR count). The smallest absolute Gasteiger partial charge is 0.462 e. The zero-order chi connectivity index (χ0) is 54.9. The first-order chi connectivity index (χ1) is 36.5. The monoisotopic (exact) mass is 1080 g/mol. The third kappa shape index (κ3) is 61.3. The van der Waals surface area contributed by atoms with Crippen molar-refractivity contribution in [3.63, 3.8) is 0 Å². The minimum Gasteiger partial charge on any atom is -0.462 e. The van der Waals surface area contributed by atoms with Gasteiger partial charge < -0.3 is 18.9 Å². The molecule has 0 saturated heterocycles. The lowest BCUT2D eigenvalue weighted by Crippen LogP contribution is -2.37. The van der Waals surface area contributed by atoms with E-state index >= 15 is 0 Å². The molecule has 442 valence electrons. The number of hydrogen-bond acceptors (Lipinski definition) is 7. The maximum absolute atomic E-state index is 12.8. The zero-order valence-corrected chi connectivity index (χ0v) is 51.2. The van der Waals surface area contributed by atoms with Crippen LogP contribution >= 0.6 is 7.82 Å². The lowest BCUT2D eigenvalue weighted by molar-refractivity contribution is -0.870. The Hall–Kier alpha value is -1.77. The molecule has 0 aliphatic heterocycles. The third-order valence-electron chi connectivity index (χ3n) is 14.4. The Morgan fingerprint density at radius 1 is 0.413 bits per heavy atom. The van der Waals surface area contributed by atoms with Gasteiger partial charge in [-0.05, 0) is 51.4 Å². The predicted molar refractivity (Wildman–Crippen MR) is 321 cm³/mol. The van der Waals surface area contributed by atoms with Crippen molar-refractivity contribution in [2.24, 2.45) is 0 Å². The van der Waals surface area contributed by atoms with Gasteiger partial charge in [-0.1, -0.05) is 288 Å². The molecule has 0 fully saturated rings. The van der Waals surface area contributed by atoms with E-state index in [1.807, 2.05) is 21.1 Å². The van der Waals surface area contributed by atoms with E-state index in [2.05, 4.69) is 50.3 Å². The number of unbranched alkanes of at least 4 members (excludes halogenated alkanes) is 40. The topological polar surface area (TPSA) is 108 Å². The van der Waals surface area contributed by atoms with Crippen LogP contribution in [0.4, 0.5) is 0 Å². The largest absolute Gasteiger partial charge is 0.472 e. The first-order valence-electron chi connectivity index (χ1n) is 32.2. The number of phosphoric ester groups is 1. The first-order valence-corrected chi connectivity index (χ1v) is 33.7. The number of hydrogen-bond donors (Lipinski definition) is 1. The van der Waals surface area contributed by atoms with Crippen molar-refractivity contribution in [1.82, 2.24) is 0 Å². The normalized spacial score (nSPS) is 13.4. The molecular weight excluding hydrogens is 954 g/mol. The Bertz CT molecular complexity index is 1360. The van der Waals surface area contributed by atoms with Crippen molar-refractivity contribution in [3.8, 4) is 0 Å². The van der Waals surface area contributed by atoms with Crippen molar-refractivity contribution in [3.05, 3.63) is 36.5 Å². The summed E-state index contributed by atoms with van der Waals surface area (Å²) in [7, 11) is 1.49. The minimum atomic E-state index is -4.38. The molecule has 0 aliphatic rings. The molecule has 0 aromatic carbocycles. The van der Waals surface area contributed by atoms with Crippen LogP contribution in [0.2, 0.25) is 0 Å². The summed E-state index contributed by atoms with van der Waals surface area (Å²) in [6.45, 7) is 4.46. The molecule has 2 atom stereocenters. The standard InChI is InChI=1S/C65H124NO8P/c1-6-8-10-12-14-16-18-20-21-22-23-24-25-26-27-28-29-30-31-32-33-34-35-36-37-38-39-40-41-42-43-44-45-46-48-50-52-54-56-58-65(68)74-63(62-73-75(69,70)72-60-59-66(3,4)5)61-71-64(67)57-55-53-51-49-47-19-17-15-13-11-9-7-2/h18,20,22-23,25-26,63H,6-17,19,21,24,27-62H2,1-5H3/p+1/b20-18-,23-22-,26-25-. The molecular formula is C65H125NO8P+.